The van der Waals surface area contributed by atoms with Crippen LogP contribution in [0.25, 0.3) is 10.2 Å². The van der Waals surface area contributed by atoms with Gasteiger partial charge in [0.05, 0.1) is 10.2 Å². The average molecular weight is 498 g/mol. The summed E-state index contributed by atoms with van der Waals surface area (Å²) >= 11 is 3.54. The lowest BCUT2D eigenvalue weighted by atomic mass is 9.72. The van der Waals surface area contributed by atoms with Gasteiger partial charge in [0.2, 0.25) is 0 Å². The number of rotatable bonds is 5. The molecule has 2 nitrogen and oxygen atoms in total. The van der Waals surface area contributed by atoms with Crippen molar-refractivity contribution in [1.82, 2.24) is 4.98 Å². The molecule has 0 saturated carbocycles. The number of fused-ring (bicyclic) bond motifs is 1. The molecule has 0 N–H and O–H groups in total. The van der Waals surface area contributed by atoms with E-state index in [4.69, 9.17) is 9.41 Å². The standard InChI is InChI=1S/C28H39NOS2Si/c1-20(16-17-31-26-29-24-12-10-11-13-25(24)32-26)14-15-23-21(2)18-22(19-28(23,6)7)30-33(8,9)27(3,4)5/h10-13,16,22H,17-19H2,1-9H3/b20-16+/t22-/m1/s1. The molecular weight excluding hydrogens is 459 g/mol. The molecule has 1 heterocycles. The van der Waals surface area contributed by atoms with Gasteiger partial charge in [0.25, 0.3) is 0 Å². The third-order valence-corrected chi connectivity index (χ3v) is 13.5. The highest BCUT2D eigenvalue weighted by atomic mass is 32.2. The molecule has 33 heavy (non-hydrogen) atoms. The van der Waals surface area contributed by atoms with E-state index in [2.05, 4.69) is 97.7 Å². The summed E-state index contributed by atoms with van der Waals surface area (Å²) in [6.45, 7) is 20.7. The molecule has 5 heteroatoms. The minimum Gasteiger partial charge on any atom is -0.414 e. The maximum atomic E-state index is 6.78. The Labute approximate surface area is 210 Å². The first-order valence-corrected chi connectivity index (χ1v) is 16.5. The van der Waals surface area contributed by atoms with Crippen molar-refractivity contribution in [2.45, 2.75) is 89.9 Å². The summed E-state index contributed by atoms with van der Waals surface area (Å²) in [5.74, 6) is 7.86. The number of allylic oxidation sites excluding steroid dienone is 2. The fraction of sp³-hybridized carbons (Fsp3) is 0.536. The Morgan fingerprint density at radius 2 is 2.00 bits per heavy atom. The van der Waals surface area contributed by atoms with Gasteiger partial charge in [0.15, 0.2) is 12.7 Å². The van der Waals surface area contributed by atoms with Gasteiger partial charge in [-0.1, -0.05) is 82.0 Å². The van der Waals surface area contributed by atoms with Gasteiger partial charge in [0.1, 0.15) is 0 Å². The zero-order valence-electron chi connectivity index (χ0n) is 21.8. The number of hydrogen-bond acceptors (Lipinski definition) is 4. The van der Waals surface area contributed by atoms with Crippen LogP contribution in [0.15, 0.2) is 51.4 Å². The van der Waals surface area contributed by atoms with E-state index in [1.165, 1.54) is 15.8 Å². The molecular formula is C28H39NOS2Si. The van der Waals surface area contributed by atoms with Crippen LogP contribution in [-0.4, -0.2) is 25.2 Å². The van der Waals surface area contributed by atoms with Crippen molar-refractivity contribution in [3.63, 3.8) is 0 Å². The molecule has 0 aliphatic heterocycles. The van der Waals surface area contributed by atoms with Crippen molar-refractivity contribution in [3.8, 4) is 11.8 Å². The molecule has 1 aromatic heterocycles. The van der Waals surface area contributed by atoms with Gasteiger partial charge in [-0.2, -0.15) is 0 Å². The summed E-state index contributed by atoms with van der Waals surface area (Å²) in [6, 6.07) is 8.32. The lowest BCUT2D eigenvalue weighted by molar-refractivity contribution is 0.125. The molecule has 3 rings (SSSR count). The van der Waals surface area contributed by atoms with Crippen LogP contribution in [0, 0.1) is 17.3 Å². The van der Waals surface area contributed by atoms with E-state index >= 15 is 0 Å². The molecule has 0 spiro atoms. The van der Waals surface area contributed by atoms with Gasteiger partial charge in [0, 0.05) is 17.4 Å². The minimum absolute atomic E-state index is 0.0401. The van der Waals surface area contributed by atoms with Crippen LogP contribution in [-0.2, 0) is 4.43 Å². The second-order valence-corrected chi connectivity index (χ2v) is 18.4. The Hall–Kier alpha value is -1.32. The van der Waals surface area contributed by atoms with Crippen molar-refractivity contribution < 1.29 is 4.43 Å². The van der Waals surface area contributed by atoms with E-state index in [1.807, 2.05) is 6.07 Å². The second-order valence-electron chi connectivity index (χ2n) is 11.3. The first kappa shape index (κ1) is 26.3. The minimum atomic E-state index is -1.77. The molecule has 2 aromatic rings. The Balaban J connectivity index is 1.66. The zero-order chi connectivity index (χ0) is 24.4. The highest BCUT2D eigenvalue weighted by Crippen LogP contribution is 2.44. The lowest BCUT2D eigenvalue weighted by Crippen LogP contribution is -2.46. The molecule has 0 unspecified atom stereocenters. The molecule has 0 radical (unpaired) electrons. The fourth-order valence-electron chi connectivity index (χ4n) is 4.08. The first-order chi connectivity index (χ1) is 15.3. The SMILES string of the molecule is CC1=C(C#C/C(C)=C/CSc2nc3ccccc3s2)C(C)(C)C[C@H](O[Si](C)(C)C(C)(C)C)C1. The third kappa shape index (κ3) is 6.63. The number of aromatic nitrogens is 1. The molecule has 1 aliphatic rings. The van der Waals surface area contributed by atoms with Crippen molar-refractivity contribution in [2.24, 2.45) is 5.41 Å². The molecule has 178 valence electrons. The summed E-state index contributed by atoms with van der Waals surface area (Å²) in [7, 11) is -1.77. The predicted octanol–water partition coefficient (Wildman–Crippen LogP) is 8.87. The highest BCUT2D eigenvalue weighted by molar-refractivity contribution is 8.01. The summed E-state index contributed by atoms with van der Waals surface area (Å²) in [5.41, 5.74) is 4.93. The molecule has 0 saturated heterocycles. The number of hydrogen-bond donors (Lipinski definition) is 0. The van der Waals surface area contributed by atoms with E-state index in [0.717, 1.165) is 34.0 Å². The maximum absolute atomic E-state index is 6.78. The summed E-state index contributed by atoms with van der Waals surface area (Å²) in [4.78, 5) is 4.71. The molecule has 0 amide bonds. The largest absolute Gasteiger partial charge is 0.414 e. The maximum Gasteiger partial charge on any atom is 0.192 e. The number of nitrogens with zero attached hydrogens (tertiary/aromatic N) is 1. The topological polar surface area (TPSA) is 22.1 Å². The van der Waals surface area contributed by atoms with Crippen LogP contribution >= 0.6 is 23.1 Å². The fourth-order valence-corrected chi connectivity index (χ4v) is 7.48. The van der Waals surface area contributed by atoms with Crippen LogP contribution in [0.1, 0.15) is 61.3 Å². The van der Waals surface area contributed by atoms with Gasteiger partial charge >= 0.3 is 0 Å². The Morgan fingerprint density at radius 3 is 2.64 bits per heavy atom. The van der Waals surface area contributed by atoms with E-state index in [1.54, 1.807) is 23.1 Å². The summed E-state index contributed by atoms with van der Waals surface area (Å²) in [6.07, 6.45) is 4.56. The Kier molecular flexibility index (Phi) is 8.06. The van der Waals surface area contributed by atoms with E-state index in [-0.39, 0.29) is 10.5 Å². The summed E-state index contributed by atoms with van der Waals surface area (Å²) < 4.78 is 9.14. The number of thiazole rings is 1. The van der Waals surface area contributed by atoms with Crippen LogP contribution in [0.3, 0.4) is 0 Å². The van der Waals surface area contributed by atoms with Crippen molar-refractivity contribution >= 4 is 41.6 Å². The van der Waals surface area contributed by atoms with Crippen molar-refractivity contribution in [3.05, 3.63) is 47.1 Å². The van der Waals surface area contributed by atoms with Crippen LogP contribution in [0.5, 0.6) is 0 Å². The first-order valence-electron chi connectivity index (χ1n) is 11.8. The molecule has 1 aliphatic carbocycles. The molecule has 1 aromatic carbocycles. The molecule has 0 bridgehead atoms. The van der Waals surface area contributed by atoms with Crippen LogP contribution in [0.4, 0.5) is 0 Å². The monoisotopic (exact) mass is 497 g/mol. The van der Waals surface area contributed by atoms with Gasteiger partial charge in [-0.3, -0.25) is 0 Å². The third-order valence-electron chi connectivity index (χ3n) is 6.90. The summed E-state index contributed by atoms with van der Waals surface area (Å²) in [5, 5.41) is 0.236. The number of thioether (sulfide) groups is 1. The van der Waals surface area contributed by atoms with Crippen LogP contribution < -0.4 is 0 Å². The van der Waals surface area contributed by atoms with Gasteiger partial charge in [-0.05, 0) is 67.9 Å². The smallest absolute Gasteiger partial charge is 0.192 e. The van der Waals surface area contributed by atoms with Gasteiger partial charge < -0.3 is 4.43 Å². The van der Waals surface area contributed by atoms with E-state index < -0.39 is 8.32 Å². The quantitative estimate of drug-likeness (QED) is 0.234. The Morgan fingerprint density at radius 1 is 1.30 bits per heavy atom. The Bertz CT molecular complexity index is 1090. The highest BCUT2D eigenvalue weighted by Gasteiger charge is 2.42. The van der Waals surface area contributed by atoms with Crippen molar-refractivity contribution in [2.75, 3.05) is 5.75 Å². The van der Waals surface area contributed by atoms with E-state index in [9.17, 15) is 0 Å². The van der Waals surface area contributed by atoms with E-state index in [0.29, 0.717) is 6.10 Å². The lowest BCUT2D eigenvalue weighted by Gasteiger charge is -2.44. The average Bonchev–Trinajstić information content (AvgIpc) is 3.08. The van der Waals surface area contributed by atoms with Crippen molar-refractivity contribution in [1.29, 1.82) is 0 Å². The zero-order valence-corrected chi connectivity index (χ0v) is 24.4. The predicted molar refractivity (Wildman–Crippen MR) is 150 cm³/mol. The molecule has 1 atom stereocenters. The molecule has 0 fully saturated rings. The van der Waals surface area contributed by atoms with Crippen LogP contribution in [0.2, 0.25) is 18.1 Å². The normalized spacial score (nSPS) is 19.5. The van der Waals surface area contributed by atoms with Gasteiger partial charge in [-0.25, -0.2) is 4.98 Å². The number of para-hydroxylation sites is 1. The van der Waals surface area contributed by atoms with Gasteiger partial charge in [-0.15, -0.1) is 11.3 Å². The second kappa shape index (κ2) is 10.1. The number of benzene rings is 1.